The van der Waals surface area contributed by atoms with Crippen molar-refractivity contribution in [1.82, 2.24) is 4.90 Å². The summed E-state index contributed by atoms with van der Waals surface area (Å²) in [7, 11) is 0. The molecule has 0 unspecified atom stereocenters. The molecule has 1 aliphatic rings. The second-order valence-electron chi connectivity index (χ2n) is 6.31. The van der Waals surface area contributed by atoms with Crippen LogP contribution in [0.4, 0.5) is 4.79 Å². The first-order valence-corrected chi connectivity index (χ1v) is 9.71. The van der Waals surface area contributed by atoms with Crippen LogP contribution in [0.15, 0.2) is 59.5 Å². The average molecular weight is 391 g/mol. The van der Waals surface area contributed by atoms with Crippen LogP contribution in [0.1, 0.15) is 12.5 Å². The molecule has 0 atom stereocenters. The number of carbonyl (C=O) groups excluding carboxylic acids is 3. The van der Waals surface area contributed by atoms with Crippen LogP contribution < -0.4 is 0 Å². The Balaban J connectivity index is 1.80. The molecular weight excluding hydrogens is 374 g/mol. The van der Waals surface area contributed by atoms with Gasteiger partial charge in [-0.2, -0.15) is 0 Å². The molecule has 2 amide bonds. The number of nitrogens with zero attached hydrogens (tertiary/aromatic N) is 1. The van der Waals surface area contributed by atoms with Crippen LogP contribution >= 0.6 is 11.8 Å². The number of hydrogen-bond acceptors (Lipinski definition) is 5. The van der Waals surface area contributed by atoms with Crippen molar-refractivity contribution in [2.75, 3.05) is 13.2 Å². The van der Waals surface area contributed by atoms with Gasteiger partial charge >= 0.3 is 5.97 Å². The van der Waals surface area contributed by atoms with Gasteiger partial charge in [-0.15, -0.1) is 0 Å². The maximum Gasteiger partial charge on any atom is 0.326 e. The topological polar surface area (TPSA) is 63.7 Å². The molecule has 1 saturated heterocycles. The molecule has 0 saturated carbocycles. The number of benzene rings is 3. The predicted octanol–water partition coefficient (Wildman–Crippen LogP) is 4.59. The summed E-state index contributed by atoms with van der Waals surface area (Å²) in [6.45, 7) is 1.51. The molecule has 0 N–H and O–H groups in total. The van der Waals surface area contributed by atoms with Crippen molar-refractivity contribution in [3.8, 4) is 0 Å². The number of ether oxygens (including phenoxy) is 1. The van der Waals surface area contributed by atoms with Crippen LogP contribution in [0.5, 0.6) is 0 Å². The summed E-state index contributed by atoms with van der Waals surface area (Å²) in [5.41, 5.74) is 0.885. The normalized spacial score (nSPS) is 15.8. The minimum atomic E-state index is -0.596. The van der Waals surface area contributed by atoms with Crippen molar-refractivity contribution < 1.29 is 19.1 Å². The van der Waals surface area contributed by atoms with Crippen molar-refractivity contribution in [3.63, 3.8) is 0 Å². The van der Waals surface area contributed by atoms with Crippen LogP contribution in [0.2, 0.25) is 0 Å². The van der Waals surface area contributed by atoms with Gasteiger partial charge in [-0.1, -0.05) is 48.5 Å². The molecule has 1 heterocycles. The lowest BCUT2D eigenvalue weighted by atomic mass is 9.96. The van der Waals surface area contributed by atoms with Gasteiger partial charge in [0.2, 0.25) is 0 Å². The number of fused-ring (bicyclic) bond motifs is 2. The van der Waals surface area contributed by atoms with Crippen LogP contribution in [-0.4, -0.2) is 35.2 Å². The monoisotopic (exact) mass is 391 g/mol. The second-order valence-corrected chi connectivity index (χ2v) is 7.30. The van der Waals surface area contributed by atoms with Gasteiger partial charge in [0.25, 0.3) is 11.1 Å². The van der Waals surface area contributed by atoms with E-state index in [-0.39, 0.29) is 13.2 Å². The van der Waals surface area contributed by atoms with Crippen molar-refractivity contribution in [2.45, 2.75) is 6.92 Å². The number of esters is 1. The van der Waals surface area contributed by atoms with Crippen LogP contribution in [0.25, 0.3) is 27.6 Å². The first-order valence-electron chi connectivity index (χ1n) is 8.90. The molecule has 4 rings (SSSR count). The van der Waals surface area contributed by atoms with Gasteiger partial charge in [0, 0.05) is 0 Å². The van der Waals surface area contributed by atoms with E-state index in [9.17, 15) is 14.4 Å². The van der Waals surface area contributed by atoms with Crippen molar-refractivity contribution in [1.29, 1.82) is 0 Å². The van der Waals surface area contributed by atoms with E-state index in [1.807, 2.05) is 48.5 Å². The van der Waals surface area contributed by atoms with E-state index in [4.69, 9.17) is 4.74 Å². The number of amides is 2. The van der Waals surface area contributed by atoms with E-state index in [2.05, 4.69) is 6.07 Å². The van der Waals surface area contributed by atoms with Crippen LogP contribution in [0.3, 0.4) is 0 Å². The highest BCUT2D eigenvalue weighted by Gasteiger charge is 2.36. The van der Waals surface area contributed by atoms with E-state index in [1.165, 1.54) is 0 Å². The Kier molecular flexibility index (Phi) is 4.88. The first-order chi connectivity index (χ1) is 13.6. The summed E-state index contributed by atoms with van der Waals surface area (Å²) in [5.74, 6) is -1.07. The van der Waals surface area contributed by atoms with Gasteiger partial charge in [-0.05, 0) is 57.9 Å². The fourth-order valence-corrected chi connectivity index (χ4v) is 4.13. The van der Waals surface area contributed by atoms with Gasteiger partial charge in [0.15, 0.2) is 0 Å². The molecule has 28 heavy (non-hydrogen) atoms. The molecule has 0 bridgehead atoms. The zero-order valence-electron chi connectivity index (χ0n) is 15.2. The number of carbonyl (C=O) groups is 3. The van der Waals surface area contributed by atoms with E-state index < -0.39 is 17.1 Å². The van der Waals surface area contributed by atoms with Crippen LogP contribution in [0, 0.1) is 0 Å². The Hall–Kier alpha value is -3.12. The fraction of sp³-hybridized carbons (Fsp3) is 0.136. The lowest BCUT2D eigenvalue weighted by Gasteiger charge is -2.11. The summed E-state index contributed by atoms with van der Waals surface area (Å²) < 4.78 is 4.86. The summed E-state index contributed by atoms with van der Waals surface area (Å²) in [6, 6.07) is 18.0. The third kappa shape index (κ3) is 3.27. The highest BCUT2D eigenvalue weighted by Crippen LogP contribution is 2.36. The Bertz CT molecular complexity index is 1100. The Morgan fingerprint density at radius 2 is 1.64 bits per heavy atom. The van der Waals surface area contributed by atoms with Gasteiger partial charge in [0.1, 0.15) is 6.54 Å². The van der Waals surface area contributed by atoms with Gasteiger partial charge in [-0.3, -0.25) is 19.3 Å². The molecule has 0 aliphatic carbocycles. The Morgan fingerprint density at radius 1 is 1.04 bits per heavy atom. The molecule has 0 spiro atoms. The quantitative estimate of drug-likeness (QED) is 0.370. The molecule has 3 aromatic rings. The zero-order valence-corrected chi connectivity index (χ0v) is 16.0. The third-order valence-corrected chi connectivity index (χ3v) is 5.46. The van der Waals surface area contributed by atoms with Gasteiger partial charge in [0.05, 0.1) is 11.5 Å². The fourth-order valence-electron chi connectivity index (χ4n) is 3.31. The Labute approximate surface area is 165 Å². The molecule has 1 fully saturated rings. The largest absolute Gasteiger partial charge is 0.465 e. The lowest BCUT2D eigenvalue weighted by molar-refractivity contribution is -0.145. The molecule has 5 nitrogen and oxygen atoms in total. The van der Waals surface area contributed by atoms with Crippen LogP contribution in [-0.2, 0) is 14.3 Å². The van der Waals surface area contributed by atoms with E-state index in [1.54, 1.807) is 13.0 Å². The van der Waals surface area contributed by atoms with Crippen molar-refractivity contribution in [3.05, 3.63) is 65.1 Å². The number of thioether (sulfide) groups is 1. The minimum Gasteiger partial charge on any atom is -0.465 e. The first kappa shape index (κ1) is 18.3. The average Bonchev–Trinajstić information content (AvgIpc) is 2.95. The molecule has 0 aromatic heterocycles. The standard InChI is InChI=1S/C22H17NO4S/c1-2-27-20(24)13-23-21(25)19(28-22(23)26)12-18-16-9-5-3-7-14(16)11-15-8-4-6-10-17(15)18/h3-12H,2,13H2,1H3/b19-12-. The molecular formula is C22H17NO4S. The number of imide groups is 1. The maximum absolute atomic E-state index is 12.7. The highest BCUT2D eigenvalue weighted by molar-refractivity contribution is 8.18. The van der Waals surface area contributed by atoms with Gasteiger partial charge < -0.3 is 4.74 Å². The summed E-state index contributed by atoms with van der Waals surface area (Å²) in [4.78, 5) is 38.0. The molecule has 140 valence electrons. The lowest BCUT2D eigenvalue weighted by Crippen LogP contribution is -2.34. The summed E-state index contributed by atoms with van der Waals surface area (Å²) >= 11 is 0.845. The van der Waals surface area contributed by atoms with E-state index in [0.29, 0.717) is 4.91 Å². The molecule has 1 aliphatic heterocycles. The molecule has 6 heteroatoms. The second kappa shape index (κ2) is 7.48. The molecule has 0 radical (unpaired) electrons. The van der Waals surface area contributed by atoms with Crippen molar-refractivity contribution in [2.24, 2.45) is 0 Å². The number of rotatable bonds is 4. The maximum atomic E-state index is 12.7. The SMILES string of the molecule is CCOC(=O)CN1C(=O)S/C(=C\c2c3ccccc3cc3ccccc23)C1=O. The minimum absolute atomic E-state index is 0.201. The molecule has 3 aromatic carbocycles. The van der Waals surface area contributed by atoms with E-state index >= 15 is 0 Å². The summed E-state index contributed by atoms with van der Waals surface area (Å²) in [5, 5.41) is 3.64. The highest BCUT2D eigenvalue weighted by atomic mass is 32.2. The predicted molar refractivity (Wildman–Crippen MR) is 111 cm³/mol. The zero-order chi connectivity index (χ0) is 19.7. The van der Waals surface area contributed by atoms with E-state index in [0.717, 1.165) is 43.8 Å². The Morgan fingerprint density at radius 3 is 2.25 bits per heavy atom. The third-order valence-electron chi connectivity index (χ3n) is 4.55. The van der Waals surface area contributed by atoms with Gasteiger partial charge in [-0.25, -0.2) is 0 Å². The number of hydrogen-bond donors (Lipinski definition) is 0. The smallest absolute Gasteiger partial charge is 0.326 e. The summed E-state index contributed by atoms with van der Waals surface area (Å²) in [6.07, 6.45) is 1.75. The van der Waals surface area contributed by atoms with Crippen molar-refractivity contribution >= 4 is 56.5 Å².